The van der Waals surface area contributed by atoms with Gasteiger partial charge in [0.25, 0.3) is 0 Å². The Hall–Kier alpha value is -1.24. The summed E-state index contributed by atoms with van der Waals surface area (Å²) in [4.78, 5) is 13.8. The van der Waals surface area contributed by atoms with E-state index in [1.807, 2.05) is 23.1 Å². The molecular formula is C10H11IN4. The fourth-order valence-corrected chi connectivity index (χ4v) is 1.06. The largest absolute Gasteiger partial charge is 0.368 e. The Morgan fingerprint density at radius 2 is 1.73 bits per heavy atom. The second-order valence-electron chi connectivity index (χ2n) is 2.54. The predicted molar refractivity (Wildman–Crippen MR) is 69.6 cm³/mol. The minimum atomic E-state index is 0.286. The highest BCUT2D eigenvalue weighted by molar-refractivity contribution is 14.1. The van der Waals surface area contributed by atoms with Gasteiger partial charge in [-0.1, -0.05) is 22.6 Å². The van der Waals surface area contributed by atoms with Crippen molar-refractivity contribution in [3.8, 4) is 11.3 Å². The van der Waals surface area contributed by atoms with E-state index in [9.17, 15) is 0 Å². The Morgan fingerprint density at radius 1 is 1.07 bits per heavy atom. The fourth-order valence-electron chi connectivity index (χ4n) is 1.06. The number of alkyl halides is 1. The smallest absolute Gasteiger partial charge is 0.220 e. The molecule has 0 saturated heterocycles. The topological polar surface area (TPSA) is 64.7 Å². The molecular weight excluding hydrogens is 303 g/mol. The van der Waals surface area contributed by atoms with Gasteiger partial charge in [-0.3, -0.25) is 4.98 Å². The zero-order chi connectivity index (χ0) is 11.1. The third-order valence-corrected chi connectivity index (χ3v) is 1.65. The van der Waals surface area contributed by atoms with Crippen LogP contribution in [0.5, 0.6) is 0 Å². The molecule has 0 bridgehead atoms. The van der Waals surface area contributed by atoms with E-state index >= 15 is 0 Å². The van der Waals surface area contributed by atoms with Gasteiger partial charge < -0.3 is 5.73 Å². The number of nitrogens with zero attached hydrogens (tertiary/aromatic N) is 3. The number of nitrogen functional groups attached to an aromatic ring is 1. The zero-order valence-corrected chi connectivity index (χ0v) is 10.4. The second-order valence-corrected chi connectivity index (χ2v) is 2.54. The van der Waals surface area contributed by atoms with Gasteiger partial charge in [-0.2, -0.15) is 0 Å². The van der Waals surface area contributed by atoms with Crippen molar-refractivity contribution in [1.82, 2.24) is 15.0 Å². The molecule has 0 spiro atoms. The summed E-state index contributed by atoms with van der Waals surface area (Å²) in [5.41, 5.74) is 7.26. The summed E-state index contributed by atoms with van der Waals surface area (Å²) in [7, 11) is 0. The number of aromatic nitrogens is 3. The van der Waals surface area contributed by atoms with Crippen LogP contribution in [0.2, 0.25) is 0 Å². The number of hydrogen-bond donors (Lipinski definition) is 1. The lowest BCUT2D eigenvalue weighted by atomic mass is 10.2. The lowest BCUT2D eigenvalue weighted by Crippen LogP contribution is -1.94. The van der Waals surface area contributed by atoms with Crippen LogP contribution >= 0.6 is 22.6 Å². The van der Waals surface area contributed by atoms with Crippen LogP contribution in [0.1, 0.15) is 0 Å². The van der Waals surface area contributed by atoms with Gasteiger partial charge in [-0.15, -0.1) is 0 Å². The Morgan fingerprint density at radius 3 is 2.33 bits per heavy atom. The normalized spacial score (nSPS) is 8.93. The number of anilines is 1. The highest BCUT2D eigenvalue weighted by Crippen LogP contribution is 2.14. The van der Waals surface area contributed by atoms with E-state index < -0.39 is 0 Å². The summed E-state index contributed by atoms with van der Waals surface area (Å²) >= 11 is 2.15. The third kappa shape index (κ3) is 3.43. The third-order valence-electron chi connectivity index (χ3n) is 1.65. The van der Waals surface area contributed by atoms with Gasteiger partial charge in [0.1, 0.15) is 0 Å². The molecule has 5 heteroatoms. The van der Waals surface area contributed by atoms with Gasteiger partial charge in [0.05, 0.1) is 5.69 Å². The number of halogens is 1. The van der Waals surface area contributed by atoms with Crippen molar-refractivity contribution >= 4 is 28.5 Å². The van der Waals surface area contributed by atoms with Crippen molar-refractivity contribution in [2.45, 2.75) is 0 Å². The van der Waals surface area contributed by atoms with Crippen molar-refractivity contribution in [2.24, 2.45) is 0 Å². The Balaban J connectivity index is 0.000000531. The zero-order valence-electron chi connectivity index (χ0n) is 8.26. The highest BCUT2D eigenvalue weighted by atomic mass is 127. The number of hydrogen-bond acceptors (Lipinski definition) is 4. The van der Waals surface area contributed by atoms with Crippen LogP contribution in [0.15, 0.2) is 36.8 Å². The standard InChI is InChI=1S/C9H8N4.CH3I/c10-9-12-6-3-8(13-9)7-1-4-11-5-2-7;1-2/h1-6H,(H2,10,12,13);1H3. The summed E-state index contributed by atoms with van der Waals surface area (Å²) in [6.45, 7) is 0. The van der Waals surface area contributed by atoms with E-state index in [1.54, 1.807) is 18.6 Å². The van der Waals surface area contributed by atoms with Crippen molar-refractivity contribution in [3.63, 3.8) is 0 Å². The molecule has 0 aliphatic carbocycles. The molecule has 0 amide bonds. The van der Waals surface area contributed by atoms with Crippen molar-refractivity contribution < 1.29 is 0 Å². The van der Waals surface area contributed by atoms with Crippen LogP contribution in [0.25, 0.3) is 11.3 Å². The van der Waals surface area contributed by atoms with Gasteiger partial charge in [0.15, 0.2) is 0 Å². The van der Waals surface area contributed by atoms with Crippen molar-refractivity contribution in [3.05, 3.63) is 36.8 Å². The molecule has 0 aliphatic heterocycles. The van der Waals surface area contributed by atoms with Gasteiger partial charge in [-0.25, -0.2) is 9.97 Å². The molecule has 2 N–H and O–H groups in total. The molecule has 2 heterocycles. The fraction of sp³-hybridized carbons (Fsp3) is 0.100. The molecule has 4 nitrogen and oxygen atoms in total. The van der Waals surface area contributed by atoms with Crippen LogP contribution in [0, 0.1) is 0 Å². The van der Waals surface area contributed by atoms with Gasteiger partial charge in [-0.05, 0) is 23.1 Å². The predicted octanol–water partition coefficient (Wildman–Crippen LogP) is 2.17. The minimum absolute atomic E-state index is 0.286. The summed E-state index contributed by atoms with van der Waals surface area (Å²) in [6, 6.07) is 5.56. The lowest BCUT2D eigenvalue weighted by molar-refractivity contribution is 1.19. The Labute approximate surface area is 102 Å². The molecule has 0 atom stereocenters. The summed E-state index contributed by atoms with van der Waals surface area (Å²) in [6.07, 6.45) is 5.07. The van der Waals surface area contributed by atoms with Crippen molar-refractivity contribution in [1.29, 1.82) is 0 Å². The summed E-state index contributed by atoms with van der Waals surface area (Å²) < 4.78 is 0. The molecule has 0 unspecified atom stereocenters. The Bertz CT molecular complexity index is 405. The molecule has 0 radical (unpaired) electrons. The molecule has 0 aromatic carbocycles. The SMILES string of the molecule is CI.Nc1nccc(-c2ccncc2)n1. The summed E-state index contributed by atoms with van der Waals surface area (Å²) in [5, 5.41) is 0. The number of pyridine rings is 1. The van der Waals surface area contributed by atoms with Crippen LogP contribution < -0.4 is 5.73 Å². The van der Waals surface area contributed by atoms with E-state index in [0.717, 1.165) is 11.3 Å². The Kier molecular flexibility index (Phi) is 4.96. The van der Waals surface area contributed by atoms with Gasteiger partial charge in [0.2, 0.25) is 5.95 Å². The quantitative estimate of drug-likeness (QED) is 0.647. The minimum Gasteiger partial charge on any atom is -0.368 e. The highest BCUT2D eigenvalue weighted by Gasteiger charge is 1.97. The molecule has 2 rings (SSSR count). The van der Waals surface area contributed by atoms with E-state index in [0.29, 0.717) is 0 Å². The van der Waals surface area contributed by atoms with E-state index in [4.69, 9.17) is 5.73 Å². The number of nitrogens with two attached hydrogens (primary N) is 1. The van der Waals surface area contributed by atoms with Crippen LogP contribution in [0.4, 0.5) is 5.95 Å². The monoisotopic (exact) mass is 314 g/mol. The molecule has 2 aromatic heterocycles. The average Bonchev–Trinajstić information content (AvgIpc) is 2.33. The first-order chi connectivity index (χ1) is 7.36. The first-order valence-corrected chi connectivity index (χ1v) is 6.39. The molecule has 15 heavy (non-hydrogen) atoms. The summed E-state index contributed by atoms with van der Waals surface area (Å²) in [5.74, 6) is 0.286. The van der Waals surface area contributed by atoms with Crippen LogP contribution in [0.3, 0.4) is 0 Å². The van der Waals surface area contributed by atoms with Crippen molar-refractivity contribution in [2.75, 3.05) is 10.7 Å². The first kappa shape index (κ1) is 11.8. The molecule has 0 saturated carbocycles. The van der Waals surface area contributed by atoms with Gasteiger partial charge in [0, 0.05) is 24.2 Å². The second kappa shape index (κ2) is 6.28. The number of rotatable bonds is 1. The van der Waals surface area contributed by atoms with Gasteiger partial charge >= 0.3 is 0 Å². The first-order valence-electron chi connectivity index (χ1n) is 4.23. The maximum Gasteiger partial charge on any atom is 0.220 e. The van der Waals surface area contributed by atoms with Crippen LogP contribution in [-0.2, 0) is 0 Å². The van der Waals surface area contributed by atoms with E-state index in [-0.39, 0.29) is 5.95 Å². The van der Waals surface area contributed by atoms with Crippen LogP contribution in [-0.4, -0.2) is 19.9 Å². The molecule has 0 aliphatic rings. The maximum absolute atomic E-state index is 5.46. The molecule has 78 valence electrons. The lowest BCUT2D eigenvalue weighted by Gasteiger charge is -1.99. The molecule has 0 fully saturated rings. The molecule has 2 aromatic rings. The van der Waals surface area contributed by atoms with E-state index in [2.05, 4.69) is 37.5 Å². The average molecular weight is 314 g/mol. The maximum atomic E-state index is 5.46. The van der Waals surface area contributed by atoms with E-state index in [1.165, 1.54) is 0 Å².